The van der Waals surface area contributed by atoms with Crippen LogP contribution in [0.15, 0.2) is 15.8 Å². The van der Waals surface area contributed by atoms with Gasteiger partial charge in [-0.15, -0.1) is 0 Å². The van der Waals surface area contributed by atoms with Gasteiger partial charge in [0.25, 0.3) is 5.56 Å². The van der Waals surface area contributed by atoms with Crippen LogP contribution in [0.2, 0.25) is 0 Å². The molecule has 0 amide bonds. The second-order valence-electron chi connectivity index (χ2n) is 3.73. The van der Waals surface area contributed by atoms with E-state index in [1.54, 1.807) is 13.2 Å². The Hall–Kier alpha value is -0.590. The molecule has 1 saturated carbocycles. The molecule has 0 saturated heterocycles. The van der Waals surface area contributed by atoms with Gasteiger partial charge in [0, 0.05) is 19.8 Å². The van der Waals surface area contributed by atoms with Gasteiger partial charge in [-0.2, -0.15) is 0 Å². The molecule has 0 bridgehead atoms. The van der Waals surface area contributed by atoms with Gasteiger partial charge in [-0.1, -0.05) is 0 Å². The summed E-state index contributed by atoms with van der Waals surface area (Å²) in [5.41, 5.74) is -0.358. The molecular weight excluding hydrogens is 295 g/mol. The Labute approximate surface area is 94.7 Å². The second kappa shape index (κ2) is 3.52. The zero-order chi connectivity index (χ0) is 10.3. The van der Waals surface area contributed by atoms with Crippen LogP contribution in [0.25, 0.3) is 0 Å². The first kappa shape index (κ1) is 9.95. The number of halogens is 1. The molecule has 1 heterocycles. The van der Waals surface area contributed by atoms with Crippen LogP contribution in [0, 0.1) is 9.49 Å². The van der Waals surface area contributed by atoms with Crippen molar-refractivity contribution in [3.05, 3.63) is 30.6 Å². The minimum Gasteiger partial charge on any atom is -0.302 e. The van der Waals surface area contributed by atoms with Crippen molar-refractivity contribution in [3.8, 4) is 0 Å². The molecule has 0 spiro atoms. The molecule has 1 aliphatic carbocycles. The zero-order valence-electron chi connectivity index (χ0n) is 7.86. The summed E-state index contributed by atoms with van der Waals surface area (Å²) in [5.74, 6) is 0.540. The van der Waals surface area contributed by atoms with E-state index in [1.165, 1.54) is 9.13 Å². The summed E-state index contributed by atoms with van der Waals surface area (Å²) in [7, 11) is 1.67. The molecule has 5 heteroatoms. The van der Waals surface area contributed by atoms with Crippen LogP contribution in [0.3, 0.4) is 0 Å². The van der Waals surface area contributed by atoms with Gasteiger partial charge >= 0.3 is 5.69 Å². The van der Waals surface area contributed by atoms with Crippen LogP contribution in [-0.2, 0) is 13.6 Å². The van der Waals surface area contributed by atoms with Crippen LogP contribution in [0.4, 0.5) is 0 Å². The SMILES string of the molecule is Cn1cc(I)c(=O)n(CC2CC2)c1=O. The normalized spacial score (nSPS) is 15.9. The van der Waals surface area contributed by atoms with Gasteiger partial charge in [-0.05, 0) is 41.4 Å². The van der Waals surface area contributed by atoms with E-state index in [0.717, 1.165) is 12.8 Å². The summed E-state index contributed by atoms with van der Waals surface area (Å²) in [6.45, 7) is 0.586. The first-order valence-electron chi connectivity index (χ1n) is 4.55. The zero-order valence-corrected chi connectivity index (χ0v) is 10.0. The molecule has 0 N–H and O–H groups in total. The molecular formula is C9H11IN2O2. The lowest BCUT2D eigenvalue weighted by Gasteiger charge is -2.06. The Morgan fingerprint density at radius 3 is 2.71 bits per heavy atom. The van der Waals surface area contributed by atoms with E-state index in [9.17, 15) is 9.59 Å². The summed E-state index contributed by atoms with van der Waals surface area (Å²) in [5, 5.41) is 0. The van der Waals surface area contributed by atoms with E-state index in [2.05, 4.69) is 0 Å². The predicted molar refractivity (Wildman–Crippen MR) is 61.4 cm³/mol. The van der Waals surface area contributed by atoms with E-state index < -0.39 is 0 Å². The van der Waals surface area contributed by atoms with Crippen LogP contribution < -0.4 is 11.2 Å². The summed E-state index contributed by atoms with van der Waals surface area (Å²) >= 11 is 1.97. The molecule has 1 aliphatic rings. The lowest BCUT2D eigenvalue weighted by molar-refractivity contribution is 0.546. The number of aromatic nitrogens is 2. The van der Waals surface area contributed by atoms with Crippen molar-refractivity contribution in [3.63, 3.8) is 0 Å². The topological polar surface area (TPSA) is 44.0 Å². The molecule has 76 valence electrons. The molecule has 0 aliphatic heterocycles. The average Bonchev–Trinajstić information content (AvgIpc) is 2.93. The Morgan fingerprint density at radius 2 is 2.14 bits per heavy atom. The highest BCUT2D eigenvalue weighted by atomic mass is 127. The third kappa shape index (κ3) is 1.77. The quantitative estimate of drug-likeness (QED) is 0.750. The molecule has 4 nitrogen and oxygen atoms in total. The van der Waals surface area contributed by atoms with E-state index in [4.69, 9.17) is 0 Å². The summed E-state index contributed by atoms with van der Waals surface area (Å²) < 4.78 is 3.41. The first-order chi connectivity index (χ1) is 6.59. The fourth-order valence-corrected chi connectivity index (χ4v) is 2.12. The van der Waals surface area contributed by atoms with E-state index >= 15 is 0 Å². The number of aryl methyl sites for hydroxylation is 1. The van der Waals surface area contributed by atoms with Crippen LogP contribution >= 0.6 is 22.6 Å². The summed E-state index contributed by atoms with van der Waals surface area (Å²) in [6.07, 6.45) is 3.86. The highest BCUT2D eigenvalue weighted by Gasteiger charge is 2.23. The summed E-state index contributed by atoms with van der Waals surface area (Å²) in [4.78, 5) is 23.3. The molecule has 1 aromatic heterocycles. The van der Waals surface area contributed by atoms with Gasteiger partial charge in [-0.25, -0.2) is 4.79 Å². The van der Waals surface area contributed by atoms with Crippen molar-refractivity contribution in [2.24, 2.45) is 13.0 Å². The monoisotopic (exact) mass is 306 g/mol. The van der Waals surface area contributed by atoms with Gasteiger partial charge in [0.1, 0.15) is 0 Å². The Kier molecular flexibility index (Phi) is 2.50. The van der Waals surface area contributed by atoms with Gasteiger partial charge < -0.3 is 4.57 Å². The number of hydrogen-bond donors (Lipinski definition) is 0. The van der Waals surface area contributed by atoms with Gasteiger partial charge in [-0.3, -0.25) is 9.36 Å². The molecule has 1 aromatic rings. The van der Waals surface area contributed by atoms with E-state index in [1.807, 2.05) is 22.6 Å². The fourth-order valence-electron chi connectivity index (χ4n) is 1.41. The average molecular weight is 306 g/mol. The Balaban J connectivity index is 2.54. The largest absolute Gasteiger partial charge is 0.330 e. The number of hydrogen-bond acceptors (Lipinski definition) is 2. The predicted octanol–water partition coefficient (Wildman–Crippen LogP) is 0.562. The smallest absolute Gasteiger partial charge is 0.302 e. The van der Waals surface area contributed by atoms with Crippen LogP contribution in [0.5, 0.6) is 0 Å². The lowest BCUT2D eigenvalue weighted by atomic mass is 10.4. The van der Waals surface area contributed by atoms with Gasteiger partial charge in [0.05, 0.1) is 3.57 Å². The standard InChI is InChI=1S/C9H11IN2O2/c1-11-5-7(10)8(13)12(9(11)14)4-6-2-3-6/h5-6H,2-4H2,1H3. The molecule has 0 unspecified atom stereocenters. The third-order valence-electron chi connectivity index (χ3n) is 2.43. The van der Waals surface area contributed by atoms with Crippen molar-refractivity contribution in [2.45, 2.75) is 19.4 Å². The molecule has 0 aromatic carbocycles. The molecule has 0 atom stereocenters. The maximum atomic E-state index is 11.6. The number of rotatable bonds is 2. The minimum atomic E-state index is -0.206. The van der Waals surface area contributed by atoms with E-state index in [0.29, 0.717) is 16.0 Å². The lowest BCUT2D eigenvalue weighted by Crippen LogP contribution is -2.40. The van der Waals surface area contributed by atoms with E-state index in [-0.39, 0.29) is 11.2 Å². The van der Waals surface area contributed by atoms with Crippen LogP contribution in [0.1, 0.15) is 12.8 Å². The van der Waals surface area contributed by atoms with Crippen LogP contribution in [-0.4, -0.2) is 9.13 Å². The fraction of sp³-hybridized carbons (Fsp3) is 0.556. The molecule has 2 rings (SSSR count). The Bertz CT molecular complexity index is 436. The van der Waals surface area contributed by atoms with Gasteiger partial charge in [0.15, 0.2) is 0 Å². The molecule has 0 radical (unpaired) electrons. The first-order valence-corrected chi connectivity index (χ1v) is 5.63. The van der Waals surface area contributed by atoms with Crippen molar-refractivity contribution in [1.82, 2.24) is 9.13 Å². The van der Waals surface area contributed by atoms with Crippen molar-refractivity contribution in [2.75, 3.05) is 0 Å². The van der Waals surface area contributed by atoms with Crippen molar-refractivity contribution in [1.29, 1.82) is 0 Å². The summed E-state index contributed by atoms with van der Waals surface area (Å²) in [6, 6.07) is 0. The molecule has 1 fully saturated rings. The van der Waals surface area contributed by atoms with Crippen molar-refractivity contribution >= 4 is 22.6 Å². The maximum absolute atomic E-state index is 11.6. The second-order valence-corrected chi connectivity index (χ2v) is 4.89. The highest BCUT2D eigenvalue weighted by molar-refractivity contribution is 14.1. The van der Waals surface area contributed by atoms with Gasteiger partial charge in [0.2, 0.25) is 0 Å². The maximum Gasteiger partial charge on any atom is 0.330 e. The Morgan fingerprint density at radius 1 is 1.50 bits per heavy atom. The highest BCUT2D eigenvalue weighted by Crippen LogP contribution is 2.29. The number of nitrogens with zero attached hydrogens (tertiary/aromatic N) is 2. The third-order valence-corrected chi connectivity index (χ3v) is 3.17. The molecule has 14 heavy (non-hydrogen) atoms. The van der Waals surface area contributed by atoms with Crippen molar-refractivity contribution < 1.29 is 0 Å². The minimum absolute atomic E-state index is 0.152.